The Bertz CT molecular complexity index is 341. The van der Waals surface area contributed by atoms with Crippen molar-refractivity contribution >= 4 is 35.3 Å². The zero-order valence-corrected chi connectivity index (χ0v) is 12.5. The van der Waals surface area contributed by atoms with Gasteiger partial charge in [0, 0.05) is 24.0 Å². The summed E-state index contributed by atoms with van der Waals surface area (Å²) in [4.78, 5) is 3.86. The third kappa shape index (κ3) is 4.42. The van der Waals surface area contributed by atoms with Crippen molar-refractivity contribution in [3.8, 4) is 0 Å². The van der Waals surface area contributed by atoms with E-state index >= 15 is 0 Å². The fourth-order valence-electron chi connectivity index (χ4n) is 2.32. The van der Waals surface area contributed by atoms with Crippen LogP contribution in [0.3, 0.4) is 0 Å². The van der Waals surface area contributed by atoms with E-state index in [0.717, 1.165) is 17.4 Å². The maximum absolute atomic E-state index is 5.98. The second kappa shape index (κ2) is 6.95. The SMILES string of the molecule is CC(N)C1CCCN(Cc2ccc(Cl)s2)C1.Cl. The van der Waals surface area contributed by atoms with Crippen LogP contribution in [0.2, 0.25) is 4.34 Å². The first-order valence-corrected chi connectivity index (χ1v) is 7.07. The van der Waals surface area contributed by atoms with Crippen LogP contribution in [0, 0.1) is 5.92 Å². The highest BCUT2D eigenvalue weighted by molar-refractivity contribution is 7.16. The summed E-state index contributed by atoms with van der Waals surface area (Å²) >= 11 is 7.62. The van der Waals surface area contributed by atoms with Crippen molar-refractivity contribution in [1.82, 2.24) is 4.90 Å². The number of hydrogen-bond donors (Lipinski definition) is 1. The molecule has 0 aromatic carbocycles. The zero-order valence-electron chi connectivity index (χ0n) is 10.1. The molecular weight excluding hydrogens is 275 g/mol. The smallest absolute Gasteiger partial charge is 0.0931 e. The van der Waals surface area contributed by atoms with E-state index in [1.165, 1.54) is 24.3 Å². The maximum Gasteiger partial charge on any atom is 0.0931 e. The number of hydrogen-bond acceptors (Lipinski definition) is 3. The van der Waals surface area contributed by atoms with Gasteiger partial charge in [-0.15, -0.1) is 23.7 Å². The highest BCUT2D eigenvalue weighted by Crippen LogP contribution is 2.25. The minimum absolute atomic E-state index is 0. The molecule has 2 nitrogen and oxygen atoms in total. The van der Waals surface area contributed by atoms with Crippen molar-refractivity contribution in [3.63, 3.8) is 0 Å². The molecule has 1 aliphatic heterocycles. The van der Waals surface area contributed by atoms with E-state index in [-0.39, 0.29) is 12.4 Å². The van der Waals surface area contributed by atoms with E-state index in [2.05, 4.69) is 17.9 Å². The van der Waals surface area contributed by atoms with Crippen molar-refractivity contribution in [2.45, 2.75) is 32.4 Å². The summed E-state index contributed by atoms with van der Waals surface area (Å²) in [5.41, 5.74) is 5.98. The molecule has 1 aromatic rings. The van der Waals surface area contributed by atoms with Gasteiger partial charge in [0.25, 0.3) is 0 Å². The lowest BCUT2D eigenvalue weighted by atomic mass is 9.92. The Labute approximate surface area is 119 Å². The molecule has 1 saturated heterocycles. The first-order valence-electron chi connectivity index (χ1n) is 5.87. The van der Waals surface area contributed by atoms with Crippen molar-refractivity contribution in [3.05, 3.63) is 21.3 Å². The quantitative estimate of drug-likeness (QED) is 0.926. The van der Waals surface area contributed by atoms with Crippen LogP contribution in [0.15, 0.2) is 12.1 Å². The fraction of sp³-hybridized carbons (Fsp3) is 0.667. The number of nitrogens with zero attached hydrogens (tertiary/aromatic N) is 1. The summed E-state index contributed by atoms with van der Waals surface area (Å²) in [5.74, 6) is 0.657. The lowest BCUT2D eigenvalue weighted by molar-refractivity contribution is 0.155. The zero-order chi connectivity index (χ0) is 11.5. The second-order valence-corrected chi connectivity index (χ2v) is 6.50. The molecule has 17 heavy (non-hydrogen) atoms. The molecule has 2 N–H and O–H groups in total. The maximum atomic E-state index is 5.98. The number of nitrogens with two attached hydrogens (primary N) is 1. The molecule has 0 saturated carbocycles. The van der Waals surface area contributed by atoms with Gasteiger partial charge in [0.15, 0.2) is 0 Å². The number of likely N-dealkylation sites (tertiary alicyclic amines) is 1. The van der Waals surface area contributed by atoms with Crippen molar-refractivity contribution in [2.75, 3.05) is 13.1 Å². The Morgan fingerprint density at radius 1 is 1.59 bits per heavy atom. The lowest BCUT2D eigenvalue weighted by Crippen LogP contribution is -2.41. The largest absolute Gasteiger partial charge is 0.328 e. The first-order chi connectivity index (χ1) is 7.65. The van der Waals surface area contributed by atoms with Gasteiger partial charge in [0.1, 0.15) is 0 Å². The monoisotopic (exact) mass is 294 g/mol. The van der Waals surface area contributed by atoms with E-state index < -0.39 is 0 Å². The first kappa shape index (κ1) is 15.3. The number of thiophene rings is 1. The predicted octanol–water partition coefficient (Wildman–Crippen LogP) is 3.38. The molecule has 2 unspecified atom stereocenters. The molecule has 0 aliphatic carbocycles. The molecule has 5 heteroatoms. The Hall–Kier alpha value is 0.200. The third-order valence-corrected chi connectivity index (χ3v) is 4.51. The molecule has 0 spiro atoms. The minimum atomic E-state index is 0. The van der Waals surface area contributed by atoms with Crippen LogP contribution in [0.25, 0.3) is 0 Å². The number of piperidine rings is 1. The molecule has 2 heterocycles. The summed E-state index contributed by atoms with van der Waals surface area (Å²) in [6.07, 6.45) is 2.55. The standard InChI is InChI=1S/C12H19ClN2S.ClH/c1-9(14)10-3-2-6-15(7-10)8-11-4-5-12(13)16-11;/h4-5,9-10H,2-3,6-8,14H2,1H3;1H. The summed E-state index contributed by atoms with van der Waals surface area (Å²) < 4.78 is 0.885. The average molecular weight is 295 g/mol. The average Bonchev–Trinajstić information content (AvgIpc) is 2.64. The van der Waals surface area contributed by atoms with Gasteiger partial charge in [-0.05, 0) is 44.4 Å². The van der Waals surface area contributed by atoms with Gasteiger partial charge in [0.05, 0.1) is 4.34 Å². The van der Waals surface area contributed by atoms with E-state index in [1.807, 2.05) is 6.07 Å². The van der Waals surface area contributed by atoms with Crippen LogP contribution in [0.1, 0.15) is 24.6 Å². The van der Waals surface area contributed by atoms with Crippen molar-refractivity contribution in [1.29, 1.82) is 0 Å². The highest BCUT2D eigenvalue weighted by Gasteiger charge is 2.22. The van der Waals surface area contributed by atoms with Gasteiger partial charge in [0.2, 0.25) is 0 Å². The van der Waals surface area contributed by atoms with Gasteiger partial charge in [-0.3, -0.25) is 4.90 Å². The van der Waals surface area contributed by atoms with Gasteiger partial charge >= 0.3 is 0 Å². The van der Waals surface area contributed by atoms with Gasteiger partial charge in [-0.2, -0.15) is 0 Å². The van der Waals surface area contributed by atoms with Crippen LogP contribution >= 0.6 is 35.3 Å². The Balaban J connectivity index is 0.00000144. The van der Waals surface area contributed by atoms with Crippen LogP contribution < -0.4 is 5.73 Å². The van der Waals surface area contributed by atoms with Crippen LogP contribution in [-0.2, 0) is 6.54 Å². The number of rotatable bonds is 3. The van der Waals surface area contributed by atoms with Crippen molar-refractivity contribution in [2.24, 2.45) is 11.7 Å². The lowest BCUT2D eigenvalue weighted by Gasteiger charge is -2.34. The molecular formula is C12H20Cl2N2S. The van der Waals surface area contributed by atoms with Gasteiger partial charge in [-0.25, -0.2) is 0 Å². The summed E-state index contributed by atoms with van der Waals surface area (Å²) in [5, 5.41) is 0. The van der Waals surface area contributed by atoms with Crippen LogP contribution in [0.4, 0.5) is 0 Å². The summed E-state index contributed by atoms with van der Waals surface area (Å²) in [6.45, 7) is 5.47. The highest BCUT2D eigenvalue weighted by atomic mass is 35.5. The molecule has 98 valence electrons. The van der Waals surface area contributed by atoms with Gasteiger partial charge in [-0.1, -0.05) is 11.6 Å². The molecule has 0 radical (unpaired) electrons. The van der Waals surface area contributed by atoms with E-state index in [0.29, 0.717) is 12.0 Å². The van der Waals surface area contributed by atoms with E-state index in [4.69, 9.17) is 17.3 Å². The molecule has 0 bridgehead atoms. The molecule has 2 rings (SSSR count). The molecule has 1 aromatic heterocycles. The van der Waals surface area contributed by atoms with Crippen LogP contribution in [0.5, 0.6) is 0 Å². The normalized spacial score (nSPS) is 23.1. The summed E-state index contributed by atoms with van der Waals surface area (Å²) in [7, 11) is 0. The number of halogens is 2. The molecule has 2 atom stereocenters. The molecule has 1 fully saturated rings. The Morgan fingerprint density at radius 2 is 2.35 bits per heavy atom. The van der Waals surface area contributed by atoms with Crippen LogP contribution in [-0.4, -0.2) is 24.0 Å². The van der Waals surface area contributed by atoms with Gasteiger partial charge < -0.3 is 5.73 Å². The van der Waals surface area contributed by atoms with E-state index in [1.54, 1.807) is 11.3 Å². The fourth-order valence-corrected chi connectivity index (χ4v) is 3.45. The predicted molar refractivity (Wildman–Crippen MR) is 78.2 cm³/mol. The molecule has 0 amide bonds. The van der Waals surface area contributed by atoms with Crippen molar-refractivity contribution < 1.29 is 0 Å². The Kier molecular flexibility index (Phi) is 6.24. The topological polar surface area (TPSA) is 29.3 Å². The van der Waals surface area contributed by atoms with E-state index in [9.17, 15) is 0 Å². The summed E-state index contributed by atoms with van der Waals surface area (Å²) in [6, 6.07) is 4.42. The Morgan fingerprint density at radius 3 is 2.94 bits per heavy atom. The second-order valence-electron chi connectivity index (χ2n) is 4.70. The molecule has 1 aliphatic rings. The minimum Gasteiger partial charge on any atom is -0.328 e. The third-order valence-electron chi connectivity index (χ3n) is 3.29.